The molecule has 0 radical (unpaired) electrons. The quantitative estimate of drug-likeness (QED) is 0.875. The SMILES string of the molecule is CCN(Cc1ccco1)C1(CN)CSC(C)C1. The molecule has 2 rings (SSSR count). The van der Waals surface area contributed by atoms with Crippen LogP contribution in [0.3, 0.4) is 0 Å². The highest BCUT2D eigenvalue weighted by molar-refractivity contribution is 8.00. The molecule has 4 heteroatoms. The number of thioether (sulfide) groups is 1. The Hall–Kier alpha value is -0.450. The van der Waals surface area contributed by atoms with E-state index in [-0.39, 0.29) is 5.54 Å². The van der Waals surface area contributed by atoms with E-state index in [1.165, 1.54) is 6.42 Å². The first kappa shape index (κ1) is 13.0. The Morgan fingerprint density at radius 3 is 2.94 bits per heavy atom. The van der Waals surface area contributed by atoms with E-state index in [9.17, 15) is 0 Å². The van der Waals surface area contributed by atoms with E-state index in [4.69, 9.17) is 10.2 Å². The molecule has 0 aliphatic carbocycles. The molecule has 0 bridgehead atoms. The Bertz CT molecular complexity index is 341. The molecule has 1 saturated heterocycles. The highest BCUT2D eigenvalue weighted by Crippen LogP contribution is 2.38. The molecule has 1 fully saturated rings. The fourth-order valence-corrected chi connectivity index (χ4v) is 4.09. The first-order valence-electron chi connectivity index (χ1n) is 6.29. The predicted molar refractivity (Wildman–Crippen MR) is 73.1 cm³/mol. The van der Waals surface area contributed by atoms with Crippen LogP contribution in [0.5, 0.6) is 0 Å². The monoisotopic (exact) mass is 254 g/mol. The van der Waals surface area contributed by atoms with Gasteiger partial charge in [-0.2, -0.15) is 11.8 Å². The average Bonchev–Trinajstić information content (AvgIpc) is 2.96. The van der Waals surface area contributed by atoms with E-state index in [0.29, 0.717) is 5.25 Å². The fourth-order valence-electron chi connectivity index (χ4n) is 2.65. The molecule has 2 heterocycles. The summed E-state index contributed by atoms with van der Waals surface area (Å²) in [5, 5.41) is 0.712. The molecule has 0 amide bonds. The smallest absolute Gasteiger partial charge is 0.117 e. The van der Waals surface area contributed by atoms with E-state index < -0.39 is 0 Å². The van der Waals surface area contributed by atoms with Crippen molar-refractivity contribution in [3.63, 3.8) is 0 Å². The zero-order chi connectivity index (χ0) is 12.3. The molecule has 96 valence electrons. The van der Waals surface area contributed by atoms with Crippen LogP contribution in [-0.4, -0.2) is 34.5 Å². The standard InChI is InChI=1S/C13H22N2OS/c1-3-15(8-12-5-4-6-16-12)13(9-14)7-11(2)17-10-13/h4-6,11H,3,7-10,14H2,1-2H3. The second-order valence-electron chi connectivity index (χ2n) is 4.85. The van der Waals surface area contributed by atoms with Crippen molar-refractivity contribution in [2.24, 2.45) is 5.73 Å². The molecule has 2 atom stereocenters. The van der Waals surface area contributed by atoms with Gasteiger partial charge in [-0.25, -0.2) is 0 Å². The Morgan fingerprint density at radius 1 is 1.65 bits per heavy atom. The van der Waals surface area contributed by atoms with Crippen LogP contribution in [0.25, 0.3) is 0 Å². The molecular formula is C13H22N2OS. The molecule has 2 N–H and O–H groups in total. The van der Waals surface area contributed by atoms with Crippen molar-refractivity contribution in [3.05, 3.63) is 24.2 Å². The van der Waals surface area contributed by atoms with Crippen molar-refractivity contribution < 1.29 is 4.42 Å². The summed E-state index contributed by atoms with van der Waals surface area (Å²) in [6.45, 7) is 7.12. The van der Waals surface area contributed by atoms with E-state index in [1.54, 1.807) is 6.26 Å². The van der Waals surface area contributed by atoms with E-state index in [1.807, 2.05) is 23.9 Å². The Kier molecular flexibility index (Phi) is 4.17. The van der Waals surface area contributed by atoms with Gasteiger partial charge < -0.3 is 10.2 Å². The van der Waals surface area contributed by atoms with Crippen LogP contribution in [0, 0.1) is 0 Å². The molecule has 0 saturated carbocycles. The second-order valence-corrected chi connectivity index (χ2v) is 6.27. The molecule has 3 nitrogen and oxygen atoms in total. The summed E-state index contributed by atoms with van der Waals surface area (Å²) in [5.41, 5.74) is 6.21. The number of hydrogen-bond acceptors (Lipinski definition) is 4. The number of nitrogens with two attached hydrogens (primary N) is 1. The van der Waals surface area contributed by atoms with E-state index in [0.717, 1.165) is 31.1 Å². The van der Waals surface area contributed by atoms with Gasteiger partial charge in [-0.05, 0) is 25.1 Å². The lowest BCUT2D eigenvalue weighted by atomic mass is 9.93. The van der Waals surface area contributed by atoms with Gasteiger partial charge >= 0.3 is 0 Å². The van der Waals surface area contributed by atoms with Crippen molar-refractivity contribution in [1.29, 1.82) is 0 Å². The molecule has 17 heavy (non-hydrogen) atoms. The number of rotatable bonds is 5. The van der Waals surface area contributed by atoms with Crippen LogP contribution in [0.4, 0.5) is 0 Å². The van der Waals surface area contributed by atoms with E-state index >= 15 is 0 Å². The normalized spacial score (nSPS) is 29.1. The van der Waals surface area contributed by atoms with Crippen molar-refractivity contribution in [3.8, 4) is 0 Å². The highest BCUT2D eigenvalue weighted by Gasteiger charge is 2.41. The third kappa shape index (κ3) is 2.69. The topological polar surface area (TPSA) is 42.4 Å². The summed E-state index contributed by atoms with van der Waals surface area (Å²) in [6.07, 6.45) is 2.92. The van der Waals surface area contributed by atoms with Gasteiger partial charge in [0.2, 0.25) is 0 Å². The molecular weight excluding hydrogens is 232 g/mol. The lowest BCUT2D eigenvalue weighted by Gasteiger charge is -2.39. The second kappa shape index (κ2) is 5.46. The van der Waals surface area contributed by atoms with Crippen molar-refractivity contribution in [2.75, 3.05) is 18.8 Å². The minimum absolute atomic E-state index is 0.158. The number of likely N-dealkylation sites (N-methyl/N-ethyl adjacent to an activating group) is 1. The lowest BCUT2D eigenvalue weighted by Crippen LogP contribution is -2.53. The van der Waals surface area contributed by atoms with Gasteiger partial charge in [-0.3, -0.25) is 4.90 Å². The number of nitrogens with zero attached hydrogens (tertiary/aromatic N) is 1. The summed E-state index contributed by atoms with van der Waals surface area (Å²) in [6, 6.07) is 3.99. The lowest BCUT2D eigenvalue weighted by molar-refractivity contribution is 0.102. The molecule has 1 aliphatic rings. The van der Waals surface area contributed by atoms with Crippen LogP contribution in [0.1, 0.15) is 26.0 Å². The van der Waals surface area contributed by atoms with Crippen LogP contribution >= 0.6 is 11.8 Å². The minimum atomic E-state index is 0.158. The van der Waals surface area contributed by atoms with Gasteiger partial charge in [0.25, 0.3) is 0 Å². The molecule has 1 aromatic rings. The van der Waals surface area contributed by atoms with Crippen molar-refractivity contribution in [1.82, 2.24) is 4.90 Å². The van der Waals surface area contributed by atoms with Crippen LogP contribution in [0.2, 0.25) is 0 Å². The third-order valence-electron chi connectivity index (χ3n) is 3.66. The highest BCUT2D eigenvalue weighted by atomic mass is 32.2. The third-order valence-corrected chi connectivity index (χ3v) is 5.10. The first-order chi connectivity index (χ1) is 8.20. The first-order valence-corrected chi connectivity index (χ1v) is 7.34. The molecule has 1 aromatic heterocycles. The predicted octanol–water partition coefficient (Wildman–Crippen LogP) is 2.32. The summed E-state index contributed by atoms with van der Waals surface area (Å²) >= 11 is 2.03. The van der Waals surface area contributed by atoms with Gasteiger partial charge in [-0.1, -0.05) is 13.8 Å². The maximum absolute atomic E-state index is 6.05. The molecule has 0 aromatic carbocycles. The van der Waals surface area contributed by atoms with Gasteiger partial charge in [0.1, 0.15) is 5.76 Å². The molecule has 2 unspecified atom stereocenters. The Labute approximate surface area is 108 Å². The summed E-state index contributed by atoms with van der Waals surface area (Å²) in [5.74, 6) is 2.17. The number of hydrogen-bond donors (Lipinski definition) is 1. The Balaban J connectivity index is 2.10. The average molecular weight is 254 g/mol. The van der Waals surface area contributed by atoms with Crippen LogP contribution < -0.4 is 5.73 Å². The van der Waals surface area contributed by atoms with Gasteiger partial charge in [0, 0.05) is 23.1 Å². The summed E-state index contributed by atoms with van der Waals surface area (Å²) in [7, 11) is 0. The molecule has 0 spiro atoms. The largest absolute Gasteiger partial charge is 0.468 e. The van der Waals surface area contributed by atoms with E-state index in [2.05, 4.69) is 18.7 Å². The van der Waals surface area contributed by atoms with Crippen molar-refractivity contribution in [2.45, 2.75) is 37.6 Å². The van der Waals surface area contributed by atoms with Crippen LogP contribution in [0.15, 0.2) is 22.8 Å². The number of furan rings is 1. The van der Waals surface area contributed by atoms with Gasteiger partial charge in [-0.15, -0.1) is 0 Å². The minimum Gasteiger partial charge on any atom is -0.468 e. The summed E-state index contributed by atoms with van der Waals surface area (Å²) < 4.78 is 5.45. The maximum Gasteiger partial charge on any atom is 0.117 e. The van der Waals surface area contributed by atoms with Crippen molar-refractivity contribution >= 4 is 11.8 Å². The van der Waals surface area contributed by atoms with Gasteiger partial charge in [0.05, 0.1) is 12.8 Å². The summed E-state index contributed by atoms with van der Waals surface area (Å²) in [4.78, 5) is 2.47. The molecule has 1 aliphatic heterocycles. The van der Waals surface area contributed by atoms with Gasteiger partial charge in [0.15, 0.2) is 0 Å². The maximum atomic E-state index is 6.05. The zero-order valence-corrected chi connectivity index (χ0v) is 11.5. The Morgan fingerprint density at radius 2 is 2.47 bits per heavy atom. The zero-order valence-electron chi connectivity index (χ0n) is 10.7. The fraction of sp³-hybridized carbons (Fsp3) is 0.692. The van der Waals surface area contributed by atoms with Crippen LogP contribution in [-0.2, 0) is 6.54 Å².